The van der Waals surface area contributed by atoms with Crippen LogP contribution < -0.4 is 50.3 Å². The van der Waals surface area contributed by atoms with Gasteiger partial charge in [0.25, 0.3) is 29.5 Å². The summed E-state index contributed by atoms with van der Waals surface area (Å²) in [4.78, 5) is 128. The monoisotopic (exact) mass is 2090 g/mol. The molecular weight excluding hydrogens is 1940 g/mol. The fourth-order valence-corrected chi connectivity index (χ4v) is 21.2. The van der Waals surface area contributed by atoms with E-state index in [9.17, 15) is 47.9 Å². The Morgan fingerprint density at radius 1 is 0.342 bits per heavy atom. The molecule has 798 valence electrons. The molecule has 0 saturated heterocycles. The number of ether oxygens (including phenoxy) is 17. The van der Waals surface area contributed by atoms with Gasteiger partial charge in [0.15, 0.2) is 11.5 Å². The number of aryl methyl sites for hydroxylation is 7. The molecule has 146 heavy (non-hydrogen) atoms. The van der Waals surface area contributed by atoms with E-state index >= 15 is 0 Å². The van der Waals surface area contributed by atoms with Gasteiger partial charge in [-0.15, -0.1) is 0 Å². The highest BCUT2D eigenvalue weighted by Gasteiger charge is 2.57. The van der Waals surface area contributed by atoms with Crippen molar-refractivity contribution in [1.29, 1.82) is 0 Å². The molecule has 5 N–H and O–H groups in total. The highest BCUT2D eigenvalue weighted by atomic mass is 35.5. The molecule has 5 aromatic carbocycles. The van der Waals surface area contributed by atoms with E-state index in [0.29, 0.717) is 219 Å². The standard InChI is InChI=1S/C24H33NO6.C23H30ClNO6.C23H30ClNO5.C22H29NO6.C19H24ClNO4/c1-6-16-13-15(4)14-18(29-7-2)19(16)20-21(31-23(27)30-8-3)24(25-22(20)26)11-9-17(28-5)10-12-24;1-5-14-11-15(24)12-17(29-4)19(14)20-21(31-18(26)13-30-6-2)23(25-22(20)27)9-7-16(28-3)8-10-23;1-6-14-11-15(24)12-17(29-5)18(14)19-20(30-22(27)13(2)3)23(25-21(19)26)9-7-16(28-4)8-10-23;1-6-28-21(25)29-19-18(17-14(3)11-13(2)12-16(17)27-5)20(24)23-22(19)9-7-15(26-4)8-10-22;1-7-11-8-12(20)9-13(24-6)14(11)15-16(25-18(23)10(2)3)19(4,5)21-17(15)22/h13-14,17H,6-12H2,1-5H3,(H,25,26);11-12,16H,5-10,13H2,1-4H3,(H,25,27);11-13,16H,6-10H2,1-5H3,(H,25,26);11-12,15H,6-10H2,1-5H3,(H,23,24);8-10H,7H2,1-6H3,(H,21,22). The van der Waals surface area contributed by atoms with Crippen molar-refractivity contribution in [3.63, 3.8) is 0 Å². The Morgan fingerprint density at radius 2 is 0.623 bits per heavy atom. The highest BCUT2D eigenvalue weighted by Crippen LogP contribution is 2.54. The van der Waals surface area contributed by atoms with Crippen molar-refractivity contribution in [3.8, 4) is 28.7 Å². The Bertz CT molecular complexity index is 5740. The number of hydrogen-bond donors (Lipinski definition) is 5. The summed E-state index contributed by atoms with van der Waals surface area (Å²) in [6.07, 6.45) is 12.5. The minimum atomic E-state index is -0.812. The summed E-state index contributed by atoms with van der Waals surface area (Å²) in [6.45, 7) is 32.7. The second kappa shape index (κ2) is 51.6. The van der Waals surface area contributed by atoms with Gasteiger partial charge >= 0.3 is 30.2 Å². The van der Waals surface area contributed by atoms with Crippen LogP contribution in [0.25, 0.3) is 27.9 Å². The molecule has 4 spiro atoms. The first-order chi connectivity index (χ1) is 69.5. The number of rotatable bonds is 31. The molecule has 9 aliphatic rings. The molecule has 5 aliphatic heterocycles. The van der Waals surface area contributed by atoms with Crippen LogP contribution in [0.5, 0.6) is 28.7 Å². The van der Waals surface area contributed by atoms with Gasteiger partial charge in [0.2, 0.25) is 0 Å². The lowest BCUT2D eigenvalue weighted by Gasteiger charge is -2.38. The molecule has 0 unspecified atom stereocenters. The van der Waals surface area contributed by atoms with Crippen LogP contribution >= 0.6 is 34.8 Å². The van der Waals surface area contributed by atoms with Crippen LogP contribution in [0.3, 0.4) is 0 Å². The number of esters is 3. The zero-order valence-electron chi connectivity index (χ0n) is 89.1. The van der Waals surface area contributed by atoms with Gasteiger partial charge in [0.05, 0.1) is 140 Å². The highest BCUT2D eigenvalue weighted by molar-refractivity contribution is 6.33. The van der Waals surface area contributed by atoms with Gasteiger partial charge in [-0.1, -0.05) is 102 Å². The number of benzene rings is 5. The van der Waals surface area contributed by atoms with Gasteiger partial charge in [0.1, 0.15) is 52.6 Å². The summed E-state index contributed by atoms with van der Waals surface area (Å²) in [5.41, 5.74) is 7.59. The summed E-state index contributed by atoms with van der Waals surface area (Å²) in [6, 6.07) is 18.3. The van der Waals surface area contributed by atoms with Crippen molar-refractivity contribution in [3.05, 3.63) is 171 Å². The zero-order valence-corrected chi connectivity index (χ0v) is 91.3. The number of halogens is 3. The van der Waals surface area contributed by atoms with Crippen LogP contribution in [0.15, 0.2) is 89.5 Å². The average Bonchev–Trinajstić information content (AvgIpc) is 1.50. The van der Waals surface area contributed by atoms with Crippen LogP contribution in [-0.4, -0.2) is 202 Å². The zero-order chi connectivity index (χ0) is 107. The number of amides is 5. The van der Waals surface area contributed by atoms with Crippen LogP contribution in [0.2, 0.25) is 15.1 Å². The minimum Gasteiger partial charge on any atom is -0.496 e. The van der Waals surface area contributed by atoms with Gasteiger partial charge in [-0.25, -0.2) is 14.4 Å². The predicted octanol–water partition coefficient (Wildman–Crippen LogP) is 19.6. The number of nitrogens with one attached hydrogen (secondary N) is 5. The van der Waals surface area contributed by atoms with E-state index in [-0.39, 0.29) is 97.5 Å². The SMILES string of the molecule is CCOC(=O)OC1=C(c2c(C)cc(C)cc2OC)C(=O)NC12CCC(OC)CC2.CCOC(=O)OC1=C(c2c(CC)cc(C)cc2OCC)C(=O)NC12CCC(OC)CC2.CCOCC(=O)OC1=C(c2c(CC)cc(Cl)cc2OC)C(=O)NC12CCC(OC)CC2.CCc1cc(Cl)cc(OC)c1C1=C(OC(=O)C(C)C)C(C)(C)NC1=O.CCc1cc(Cl)cc(OC)c1C1=C(OC(=O)C(C)C)C2(CCC(OC)CC2)NC1=O. The minimum absolute atomic E-state index is 0.114. The smallest absolute Gasteiger partial charge is 0.496 e. The summed E-state index contributed by atoms with van der Waals surface area (Å²) in [7, 11) is 12.9. The molecule has 35 heteroatoms. The van der Waals surface area contributed by atoms with Crippen molar-refractivity contribution in [2.24, 2.45) is 11.8 Å². The Morgan fingerprint density at radius 3 is 0.932 bits per heavy atom. The summed E-state index contributed by atoms with van der Waals surface area (Å²) >= 11 is 18.7. The maximum atomic E-state index is 13.4. The normalized spacial score (nSPS) is 22.3. The second-order valence-electron chi connectivity index (χ2n) is 38.5. The molecule has 4 aliphatic carbocycles. The summed E-state index contributed by atoms with van der Waals surface area (Å²) in [5, 5.41) is 16.9. The number of hydrogen-bond acceptors (Lipinski definition) is 27. The maximum Gasteiger partial charge on any atom is 0.513 e. The fraction of sp³-hybridized carbons (Fsp3) is 0.550. The first-order valence-electron chi connectivity index (χ1n) is 50.4. The largest absolute Gasteiger partial charge is 0.513 e. The molecular formula is C111H146Cl3N5O27. The molecule has 5 amide bonds. The molecule has 0 radical (unpaired) electrons. The van der Waals surface area contributed by atoms with Gasteiger partial charge in [-0.2, -0.15) is 0 Å². The molecule has 14 rings (SSSR count). The van der Waals surface area contributed by atoms with Crippen molar-refractivity contribution < 1.29 is 128 Å². The molecule has 4 saturated carbocycles. The number of carbonyl (C=O) groups is 10. The second-order valence-corrected chi connectivity index (χ2v) is 39.9. The van der Waals surface area contributed by atoms with Crippen molar-refractivity contribution in [2.45, 2.75) is 298 Å². The molecule has 4 fully saturated rings. The predicted molar refractivity (Wildman–Crippen MR) is 554 cm³/mol. The van der Waals surface area contributed by atoms with Crippen molar-refractivity contribution in [1.82, 2.24) is 26.6 Å². The Hall–Kier alpha value is -11.2. The average molecular weight is 2090 g/mol. The van der Waals surface area contributed by atoms with Gasteiger partial charge in [-0.3, -0.25) is 33.6 Å². The Labute approximate surface area is 872 Å². The van der Waals surface area contributed by atoms with E-state index in [1.807, 2.05) is 91.8 Å². The molecule has 0 bridgehead atoms. The molecule has 0 atom stereocenters. The molecule has 5 aromatic rings. The summed E-state index contributed by atoms with van der Waals surface area (Å²) < 4.78 is 94.2. The molecule has 5 heterocycles. The lowest BCUT2D eigenvalue weighted by atomic mass is 9.79. The van der Waals surface area contributed by atoms with E-state index in [4.69, 9.17) is 115 Å². The van der Waals surface area contributed by atoms with Crippen LogP contribution in [0.1, 0.15) is 266 Å². The van der Waals surface area contributed by atoms with E-state index in [1.54, 1.807) is 129 Å². The van der Waals surface area contributed by atoms with Crippen LogP contribution in [0, 0.1) is 32.6 Å². The van der Waals surface area contributed by atoms with Crippen LogP contribution in [-0.2, 0) is 121 Å². The number of carbonyl (C=O) groups excluding carboxylic acids is 10. The lowest BCUT2D eigenvalue weighted by molar-refractivity contribution is -0.146. The molecule has 0 aromatic heterocycles. The van der Waals surface area contributed by atoms with E-state index in [0.717, 1.165) is 90.3 Å². The van der Waals surface area contributed by atoms with Crippen LogP contribution in [0.4, 0.5) is 9.59 Å². The van der Waals surface area contributed by atoms with Crippen molar-refractivity contribution >= 4 is 122 Å². The topological polar surface area (TPSA) is 388 Å². The maximum absolute atomic E-state index is 13.4. The van der Waals surface area contributed by atoms with Crippen molar-refractivity contribution in [2.75, 3.05) is 89.9 Å². The van der Waals surface area contributed by atoms with Gasteiger partial charge in [0, 0.05) is 77.9 Å². The third-order valence-electron chi connectivity index (χ3n) is 27.9. The summed E-state index contributed by atoms with van der Waals surface area (Å²) in [5.74, 6) is 1.05. The van der Waals surface area contributed by atoms with Gasteiger partial charge < -0.3 is 107 Å². The van der Waals surface area contributed by atoms with Gasteiger partial charge in [-0.05, 0) is 278 Å². The third kappa shape index (κ3) is 26.2. The first-order valence-corrected chi connectivity index (χ1v) is 51.5. The quantitative estimate of drug-likeness (QED) is 0.0203. The van der Waals surface area contributed by atoms with E-state index < -0.39 is 46.0 Å². The third-order valence-corrected chi connectivity index (χ3v) is 28.6. The van der Waals surface area contributed by atoms with E-state index in [2.05, 4.69) is 26.6 Å². The Balaban J connectivity index is 0.000000187. The first kappa shape index (κ1) is 117. The number of methoxy groups -OCH3 is 8. The Kier molecular flexibility index (Phi) is 41.2. The fourth-order valence-electron chi connectivity index (χ4n) is 20.5. The lowest BCUT2D eigenvalue weighted by Crippen LogP contribution is -2.49. The molecule has 32 nitrogen and oxygen atoms in total. The van der Waals surface area contributed by atoms with E-state index in [1.165, 1.54) is 14.2 Å².